The van der Waals surface area contributed by atoms with Crippen LogP contribution in [0.4, 0.5) is 0 Å². The smallest absolute Gasteiger partial charge is 0.179 e. The highest BCUT2D eigenvalue weighted by atomic mass is 32.2. The number of sulfone groups is 1. The Morgan fingerprint density at radius 1 is 1.32 bits per heavy atom. The van der Waals surface area contributed by atoms with E-state index in [-0.39, 0.29) is 18.3 Å². The molecule has 4 nitrogen and oxygen atoms in total. The van der Waals surface area contributed by atoms with Gasteiger partial charge in [0.25, 0.3) is 0 Å². The Kier molecular flexibility index (Phi) is 2.96. The molecule has 1 aromatic carbocycles. The quantitative estimate of drug-likeness (QED) is 0.859. The molecule has 0 radical (unpaired) electrons. The van der Waals surface area contributed by atoms with Crippen molar-refractivity contribution in [3.63, 3.8) is 0 Å². The van der Waals surface area contributed by atoms with Crippen molar-refractivity contribution in [3.8, 4) is 0 Å². The molecular formula is C14H19NO3S. The maximum absolute atomic E-state index is 12.3. The summed E-state index contributed by atoms with van der Waals surface area (Å²) in [6, 6.07) is 7.14. The molecule has 1 aliphatic heterocycles. The molecule has 19 heavy (non-hydrogen) atoms. The number of benzene rings is 1. The topological polar surface area (TPSA) is 80.4 Å². The second-order valence-electron chi connectivity index (χ2n) is 5.74. The number of aliphatic hydroxyl groups is 1. The largest absolute Gasteiger partial charge is 0.396 e. The third kappa shape index (κ3) is 1.83. The third-order valence-corrected chi connectivity index (χ3v) is 6.59. The van der Waals surface area contributed by atoms with Crippen LogP contribution in [0.5, 0.6) is 0 Å². The Bertz CT molecular complexity index is 588. The molecule has 1 saturated carbocycles. The lowest BCUT2D eigenvalue weighted by atomic mass is 9.70. The van der Waals surface area contributed by atoms with Crippen LogP contribution >= 0.6 is 0 Å². The average Bonchev–Trinajstić information content (AvgIpc) is 3.21. The van der Waals surface area contributed by atoms with Crippen molar-refractivity contribution < 1.29 is 13.5 Å². The van der Waals surface area contributed by atoms with Crippen LogP contribution in [0.15, 0.2) is 29.2 Å². The van der Waals surface area contributed by atoms with Gasteiger partial charge < -0.3 is 10.8 Å². The SMILES string of the molecule is NCC(CO)(C1CC1)C1CS(=O)(=O)c2ccccc21. The predicted molar refractivity (Wildman–Crippen MR) is 72.5 cm³/mol. The zero-order chi connectivity index (χ0) is 13.7. The first-order valence-electron chi connectivity index (χ1n) is 6.68. The van der Waals surface area contributed by atoms with E-state index in [1.165, 1.54) is 0 Å². The van der Waals surface area contributed by atoms with Gasteiger partial charge in [-0.15, -0.1) is 0 Å². The van der Waals surface area contributed by atoms with Crippen molar-refractivity contribution in [2.75, 3.05) is 18.9 Å². The van der Waals surface area contributed by atoms with Crippen LogP contribution in [0.2, 0.25) is 0 Å². The Hall–Kier alpha value is -0.910. The second-order valence-corrected chi connectivity index (χ2v) is 7.74. The summed E-state index contributed by atoms with van der Waals surface area (Å²) in [5.74, 6) is 0.269. The molecule has 3 rings (SSSR count). The van der Waals surface area contributed by atoms with Gasteiger partial charge in [0.1, 0.15) is 0 Å². The number of aliphatic hydroxyl groups excluding tert-OH is 1. The molecule has 5 heteroatoms. The first kappa shape index (κ1) is 13.1. The zero-order valence-electron chi connectivity index (χ0n) is 10.7. The summed E-state index contributed by atoms with van der Waals surface area (Å²) in [5, 5.41) is 9.87. The van der Waals surface area contributed by atoms with Gasteiger partial charge in [0, 0.05) is 17.9 Å². The highest BCUT2D eigenvalue weighted by molar-refractivity contribution is 7.91. The normalized spacial score (nSPS) is 27.8. The maximum atomic E-state index is 12.3. The molecule has 0 amide bonds. The molecule has 1 fully saturated rings. The van der Waals surface area contributed by atoms with Crippen molar-refractivity contribution >= 4 is 9.84 Å². The summed E-state index contributed by atoms with van der Waals surface area (Å²) in [5.41, 5.74) is 6.30. The average molecular weight is 281 g/mol. The molecule has 2 unspecified atom stereocenters. The highest BCUT2D eigenvalue weighted by Crippen LogP contribution is 2.56. The lowest BCUT2D eigenvalue weighted by molar-refractivity contribution is 0.0864. The van der Waals surface area contributed by atoms with Gasteiger partial charge in [-0.05, 0) is 30.4 Å². The molecule has 0 saturated heterocycles. The summed E-state index contributed by atoms with van der Waals surface area (Å²) in [7, 11) is -3.23. The van der Waals surface area contributed by atoms with Crippen LogP contribution in [0.25, 0.3) is 0 Å². The Balaban J connectivity index is 2.12. The predicted octanol–water partition coefficient (Wildman–Crippen LogP) is 0.905. The van der Waals surface area contributed by atoms with Gasteiger partial charge in [0.05, 0.1) is 17.3 Å². The van der Waals surface area contributed by atoms with Crippen LogP contribution in [0.3, 0.4) is 0 Å². The van der Waals surface area contributed by atoms with Gasteiger partial charge in [0.2, 0.25) is 0 Å². The van der Waals surface area contributed by atoms with Crippen LogP contribution in [-0.2, 0) is 9.84 Å². The minimum Gasteiger partial charge on any atom is -0.396 e. The van der Waals surface area contributed by atoms with Gasteiger partial charge in [-0.25, -0.2) is 8.42 Å². The van der Waals surface area contributed by atoms with E-state index in [2.05, 4.69) is 0 Å². The van der Waals surface area contributed by atoms with E-state index < -0.39 is 15.3 Å². The van der Waals surface area contributed by atoms with Gasteiger partial charge in [-0.1, -0.05) is 18.2 Å². The van der Waals surface area contributed by atoms with E-state index >= 15 is 0 Å². The molecule has 104 valence electrons. The minimum absolute atomic E-state index is 0.0390. The van der Waals surface area contributed by atoms with Crippen molar-refractivity contribution in [2.24, 2.45) is 17.1 Å². The number of hydrogen-bond acceptors (Lipinski definition) is 4. The number of hydrogen-bond donors (Lipinski definition) is 2. The fourth-order valence-electron chi connectivity index (χ4n) is 3.48. The number of nitrogens with two attached hydrogens (primary N) is 1. The molecular weight excluding hydrogens is 262 g/mol. The van der Waals surface area contributed by atoms with Gasteiger partial charge in [-0.3, -0.25) is 0 Å². The summed E-state index contributed by atoms with van der Waals surface area (Å²) in [6.45, 7) is 0.297. The first-order valence-corrected chi connectivity index (χ1v) is 8.33. The molecule has 1 heterocycles. The van der Waals surface area contributed by atoms with Crippen LogP contribution in [0, 0.1) is 11.3 Å². The van der Waals surface area contributed by atoms with Crippen LogP contribution in [0.1, 0.15) is 24.3 Å². The fraction of sp³-hybridized carbons (Fsp3) is 0.571. The molecule has 2 aliphatic rings. The second kappa shape index (κ2) is 4.30. The van der Waals surface area contributed by atoms with Crippen molar-refractivity contribution in [3.05, 3.63) is 29.8 Å². The Morgan fingerprint density at radius 2 is 2.00 bits per heavy atom. The van der Waals surface area contributed by atoms with Gasteiger partial charge in [0.15, 0.2) is 9.84 Å². The van der Waals surface area contributed by atoms with E-state index in [1.54, 1.807) is 12.1 Å². The van der Waals surface area contributed by atoms with E-state index in [0.29, 0.717) is 17.4 Å². The molecule has 3 N–H and O–H groups in total. The maximum Gasteiger partial charge on any atom is 0.179 e. The molecule has 1 aromatic rings. The standard InChI is InChI=1S/C14H19NO3S/c15-8-14(9-16,10-5-6-10)12-7-19(17,18)13-4-2-1-3-11(12)13/h1-4,10,12,16H,5-9,15H2. The summed E-state index contributed by atoms with van der Waals surface area (Å²) in [6.07, 6.45) is 2.08. The molecule has 0 spiro atoms. The van der Waals surface area contributed by atoms with Crippen molar-refractivity contribution in [2.45, 2.75) is 23.7 Å². The number of rotatable bonds is 4. The highest BCUT2D eigenvalue weighted by Gasteiger charge is 2.53. The van der Waals surface area contributed by atoms with Gasteiger partial charge >= 0.3 is 0 Å². The lowest BCUT2D eigenvalue weighted by Crippen LogP contribution is -2.42. The van der Waals surface area contributed by atoms with E-state index in [1.807, 2.05) is 12.1 Å². The van der Waals surface area contributed by atoms with Crippen molar-refractivity contribution in [1.29, 1.82) is 0 Å². The first-order chi connectivity index (χ1) is 9.05. The fourth-order valence-corrected chi connectivity index (χ4v) is 5.47. The molecule has 2 atom stereocenters. The van der Waals surface area contributed by atoms with Crippen LogP contribution in [-0.4, -0.2) is 32.4 Å². The zero-order valence-corrected chi connectivity index (χ0v) is 11.6. The van der Waals surface area contributed by atoms with E-state index in [4.69, 9.17) is 5.73 Å². The van der Waals surface area contributed by atoms with Crippen molar-refractivity contribution in [1.82, 2.24) is 0 Å². The van der Waals surface area contributed by atoms with E-state index in [0.717, 1.165) is 18.4 Å². The summed E-state index contributed by atoms with van der Waals surface area (Å²) in [4.78, 5) is 0.423. The summed E-state index contributed by atoms with van der Waals surface area (Å²) < 4.78 is 24.5. The molecule has 0 bridgehead atoms. The van der Waals surface area contributed by atoms with Crippen LogP contribution < -0.4 is 5.73 Å². The third-order valence-electron chi connectivity index (χ3n) is 4.77. The summed E-state index contributed by atoms with van der Waals surface area (Å²) >= 11 is 0. The van der Waals surface area contributed by atoms with Gasteiger partial charge in [-0.2, -0.15) is 0 Å². The molecule has 1 aliphatic carbocycles. The Labute approximate surface area is 113 Å². The Morgan fingerprint density at radius 3 is 2.58 bits per heavy atom. The monoisotopic (exact) mass is 281 g/mol. The van der Waals surface area contributed by atoms with E-state index in [9.17, 15) is 13.5 Å². The number of fused-ring (bicyclic) bond motifs is 1. The lowest BCUT2D eigenvalue weighted by Gasteiger charge is -2.36. The minimum atomic E-state index is -3.23. The molecule has 0 aromatic heterocycles.